The van der Waals surface area contributed by atoms with E-state index in [-0.39, 0.29) is 0 Å². The van der Waals surface area contributed by atoms with Crippen molar-refractivity contribution in [2.75, 3.05) is 0 Å². The molecule has 0 aliphatic rings. The van der Waals surface area contributed by atoms with E-state index in [9.17, 15) is 4.79 Å². The number of nitrogens with zero attached hydrogens (tertiary/aromatic N) is 1. The number of benzene rings is 2. The van der Waals surface area contributed by atoms with E-state index < -0.39 is 5.97 Å². The van der Waals surface area contributed by atoms with Crippen molar-refractivity contribution in [3.63, 3.8) is 0 Å². The van der Waals surface area contributed by atoms with Gasteiger partial charge in [0.05, 0.1) is 11.9 Å². The van der Waals surface area contributed by atoms with Crippen LogP contribution in [0.4, 0.5) is 0 Å². The van der Waals surface area contributed by atoms with E-state index in [1.165, 1.54) is 6.92 Å². The Hall–Kier alpha value is -2.88. The third-order valence-electron chi connectivity index (χ3n) is 3.17. The van der Waals surface area contributed by atoms with Crippen LogP contribution in [0.3, 0.4) is 0 Å². The highest BCUT2D eigenvalue weighted by molar-refractivity contribution is 6.05. The second kappa shape index (κ2) is 5.63. The van der Waals surface area contributed by atoms with E-state index in [2.05, 4.69) is 15.0 Å². The van der Waals surface area contributed by atoms with E-state index in [1.54, 1.807) is 6.21 Å². The van der Waals surface area contributed by atoms with Gasteiger partial charge in [0.15, 0.2) is 0 Å². The predicted octanol–water partition coefficient (Wildman–Crippen LogP) is 3.73. The predicted molar refractivity (Wildman–Crippen MR) is 83.1 cm³/mol. The van der Waals surface area contributed by atoms with Gasteiger partial charge in [-0.25, -0.2) is 4.79 Å². The summed E-state index contributed by atoms with van der Waals surface area (Å²) in [7, 11) is 0. The second-order valence-electron chi connectivity index (χ2n) is 4.64. The maximum absolute atomic E-state index is 10.8. The lowest BCUT2D eigenvalue weighted by atomic mass is 10.1. The van der Waals surface area contributed by atoms with Gasteiger partial charge in [0.1, 0.15) is 0 Å². The quantitative estimate of drug-likeness (QED) is 0.451. The van der Waals surface area contributed by atoms with E-state index >= 15 is 0 Å². The summed E-state index contributed by atoms with van der Waals surface area (Å²) < 4.78 is 0. The zero-order valence-corrected chi connectivity index (χ0v) is 11.5. The summed E-state index contributed by atoms with van der Waals surface area (Å²) >= 11 is 0. The average Bonchev–Trinajstić information content (AvgIpc) is 2.87. The van der Waals surface area contributed by atoms with Gasteiger partial charge in [-0.1, -0.05) is 53.7 Å². The van der Waals surface area contributed by atoms with Crippen LogP contribution in [0.5, 0.6) is 0 Å². The number of carbonyl (C=O) groups excluding carboxylic acids is 1. The molecule has 4 heteroatoms. The van der Waals surface area contributed by atoms with Crippen molar-refractivity contribution in [2.45, 2.75) is 6.92 Å². The molecule has 0 spiro atoms. The van der Waals surface area contributed by atoms with Crippen LogP contribution in [0.2, 0.25) is 0 Å². The lowest BCUT2D eigenvalue weighted by molar-refractivity contribution is -0.140. The molecule has 104 valence electrons. The van der Waals surface area contributed by atoms with Crippen LogP contribution in [0.1, 0.15) is 12.5 Å². The van der Waals surface area contributed by atoms with Crippen molar-refractivity contribution >= 4 is 23.1 Å². The van der Waals surface area contributed by atoms with Crippen molar-refractivity contribution in [3.8, 4) is 11.3 Å². The molecule has 0 atom stereocenters. The van der Waals surface area contributed by atoms with Gasteiger partial charge in [-0.3, -0.25) is 0 Å². The van der Waals surface area contributed by atoms with Crippen LogP contribution in [0.15, 0.2) is 59.8 Å². The number of rotatable bonds is 3. The minimum atomic E-state index is -0.438. The summed E-state index contributed by atoms with van der Waals surface area (Å²) in [5.41, 5.74) is 3.92. The minimum Gasteiger partial charge on any atom is -0.354 e. The van der Waals surface area contributed by atoms with Gasteiger partial charge in [-0.2, -0.15) is 0 Å². The molecule has 0 aliphatic heterocycles. The Morgan fingerprint density at radius 1 is 1.10 bits per heavy atom. The van der Waals surface area contributed by atoms with Crippen LogP contribution in [0.25, 0.3) is 22.2 Å². The third-order valence-corrected chi connectivity index (χ3v) is 3.17. The lowest BCUT2D eigenvalue weighted by Crippen LogP contribution is -1.92. The smallest absolute Gasteiger partial charge is 0.331 e. The molecule has 0 saturated carbocycles. The SMILES string of the molecule is CC(=O)ON=Cc1c(-c2ccccc2)[nH]c2ccccc12. The van der Waals surface area contributed by atoms with Gasteiger partial charge < -0.3 is 9.82 Å². The Balaban J connectivity index is 2.14. The Morgan fingerprint density at radius 2 is 1.81 bits per heavy atom. The molecule has 0 aliphatic carbocycles. The largest absolute Gasteiger partial charge is 0.354 e. The van der Waals surface area contributed by atoms with Gasteiger partial charge in [0.2, 0.25) is 0 Å². The standard InChI is InChI=1S/C17H14N2O2/c1-12(20)21-18-11-15-14-9-5-6-10-16(14)19-17(15)13-7-3-2-4-8-13/h2-11,19H,1H3. The van der Waals surface area contributed by atoms with Crippen molar-refractivity contribution in [1.29, 1.82) is 0 Å². The van der Waals surface area contributed by atoms with Crippen molar-refractivity contribution < 1.29 is 9.63 Å². The molecule has 0 bridgehead atoms. The van der Waals surface area contributed by atoms with Gasteiger partial charge in [0, 0.05) is 23.4 Å². The summed E-state index contributed by atoms with van der Waals surface area (Å²) in [6.07, 6.45) is 1.57. The molecule has 4 nitrogen and oxygen atoms in total. The first-order valence-corrected chi connectivity index (χ1v) is 6.63. The highest BCUT2D eigenvalue weighted by atomic mass is 16.7. The number of oxime groups is 1. The molecule has 0 unspecified atom stereocenters. The molecule has 21 heavy (non-hydrogen) atoms. The van der Waals surface area contributed by atoms with E-state index in [1.807, 2.05) is 54.6 Å². The van der Waals surface area contributed by atoms with Gasteiger partial charge in [-0.05, 0) is 11.6 Å². The first-order valence-electron chi connectivity index (χ1n) is 6.63. The molecule has 1 N–H and O–H groups in total. The Kier molecular flexibility index (Phi) is 3.51. The van der Waals surface area contributed by atoms with Crippen LogP contribution in [0, 0.1) is 0 Å². The fourth-order valence-electron chi connectivity index (χ4n) is 2.28. The number of carbonyl (C=O) groups is 1. The summed E-state index contributed by atoms with van der Waals surface area (Å²) in [6, 6.07) is 17.9. The number of hydrogen-bond acceptors (Lipinski definition) is 3. The second-order valence-corrected chi connectivity index (χ2v) is 4.64. The first kappa shape index (κ1) is 13.1. The third kappa shape index (κ3) is 2.69. The number of hydrogen-bond donors (Lipinski definition) is 1. The van der Waals surface area contributed by atoms with E-state index in [4.69, 9.17) is 0 Å². The zero-order chi connectivity index (χ0) is 14.7. The molecule has 2 aromatic carbocycles. The summed E-state index contributed by atoms with van der Waals surface area (Å²) in [6.45, 7) is 1.32. The maximum Gasteiger partial charge on any atom is 0.331 e. The van der Waals surface area contributed by atoms with Crippen molar-refractivity contribution in [3.05, 3.63) is 60.2 Å². The molecule has 1 aromatic heterocycles. The highest BCUT2D eigenvalue weighted by Gasteiger charge is 2.11. The summed E-state index contributed by atoms with van der Waals surface area (Å²) in [5, 5.41) is 4.79. The zero-order valence-electron chi connectivity index (χ0n) is 11.5. The van der Waals surface area contributed by atoms with Gasteiger partial charge >= 0.3 is 5.97 Å². The number of aromatic amines is 1. The number of fused-ring (bicyclic) bond motifs is 1. The maximum atomic E-state index is 10.8. The fraction of sp³-hybridized carbons (Fsp3) is 0.0588. The normalized spacial score (nSPS) is 11.1. The molecule has 1 heterocycles. The van der Waals surface area contributed by atoms with Crippen LogP contribution in [-0.2, 0) is 9.63 Å². The first-order chi connectivity index (χ1) is 10.3. The van der Waals surface area contributed by atoms with Crippen molar-refractivity contribution in [1.82, 2.24) is 4.98 Å². The molecule has 0 amide bonds. The molecular weight excluding hydrogens is 264 g/mol. The highest BCUT2D eigenvalue weighted by Crippen LogP contribution is 2.28. The molecule has 0 fully saturated rings. The van der Waals surface area contributed by atoms with Crippen molar-refractivity contribution in [2.24, 2.45) is 5.16 Å². The fourth-order valence-corrected chi connectivity index (χ4v) is 2.28. The Morgan fingerprint density at radius 3 is 2.57 bits per heavy atom. The summed E-state index contributed by atoms with van der Waals surface area (Å²) in [5.74, 6) is -0.438. The van der Waals surface area contributed by atoms with E-state index in [0.29, 0.717) is 0 Å². The number of H-pyrrole nitrogens is 1. The minimum absolute atomic E-state index is 0.438. The lowest BCUT2D eigenvalue weighted by Gasteiger charge is -2.00. The topological polar surface area (TPSA) is 54.4 Å². The Bertz CT molecular complexity index is 804. The van der Waals surface area contributed by atoms with Crippen LogP contribution in [-0.4, -0.2) is 17.2 Å². The average molecular weight is 278 g/mol. The van der Waals surface area contributed by atoms with Gasteiger partial charge in [-0.15, -0.1) is 0 Å². The molecule has 0 saturated heterocycles. The van der Waals surface area contributed by atoms with E-state index in [0.717, 1.165) is 27.7 Å². The molecule has 3 aromatic rings. The number of para-hydroxylation sites is 1. The van der Waals surface area contributed by atoms with Gasteiger partial charge in [0.25, 0.3) is 0 Å². The molecular formula is C17H14N2O2. The van der Waals surface area contributed by atoms with Crippen LogP contribution < -0.4 is 0 Å². The summed E-state index contributed by atoms with van der Waals surface area (Å²) in [4.78, 5) is 18.9. The molecule has 3 rings (SSSR count). The van der Waals surface area contributed by atoms with Crippen LogP contribution >= 0.6 is 0 Å². The molecule has 0 radical (unpaired) electrons. The monoisotopic (exact) mass is 278 g/mol. The number of aromatic nitrogens is 1. The Labute approximate surface area is 122 Å². The number of nitrogens with one attached hydrogen (secondary N) is 1.